The van der Waals surface area contributed by atoms with Crippen molar-refractivity contribution >= 4 is 5.91 Å². The van der Waals surface area contributed by atoms with E-state index in [2.05, 4.69) is 10.4 Å². The molecule has 0 saturated carbocycles. The standard InChI is InChI=1S/C22H24FN3O2/c1-15-19(16(2)26(25-15)18-7-5-4-6-8-18)14-24-22(27)12-10-17-9-11-21(28-3)20(23)13-17/h4-9,11,13H,10,12,14H2,1-3H3,(H,24,27). The van der Waals surface area contributed by atoms with E-state index in [1.54, 1.807) is 12.1 Å². The van der Waals surface area contributed by atoms with Gasteiger partial charge in [0.15, 0.2) is 11.6 Å². The number of hydrogen-bond acceptors (Lipinski definition) is 3. The molecule has 2 aromatic carbocycles. The van der Waals surface area contributed by atoms with Gasteiger partial charge in [0.25, 0.3) is 0 Å². The molecule has 0 aliphatic rings. The molecule has 0 unspecified atom stereocenters. The van der Waals surface area contributed by atoms with E-state index < -0.39 is 5.82 Å². The molecule has 0 aliphatic heterocycles. The van der Waals surface area contributed by atoms with Crippen LogP contribution in [0.3, 0.4) is 0 Å². The summed E-state index contributed by atoms with van der Waals surface area (Å²) in [5.74, 6) is -0.294. The third kappa shape index (κ3) is 4.39. The van der Waals surface area contributed by atoms with Gasteiger partial charge in [-0.3, -0.25) is 4.79 Å². The molecule has 0 saturated heterocycles. The van der Waals surface area contributed by atoms with Crippen molar-refractivity contribution in [3.63, 3.8) is 0 Å². The number of ether oxygens (including phenoxy) is 1. The Hall–Kier alpha value is -3.15. The summed E-state index contributed by atoms with van der Waals surface area (Å²) >= 11 is 0. The minimum absolute atomic E-state index is 0.0810. The second-order valence-electron chi connectivity index (χ2n) is 6.64. The van der Waals surface area contributed by atoms with Gasteiger partial charge in [0.1, 0.15) is 0 Å². The van der Waals surface area contributed by atoms with Gasteiger partial charge in [-0.2, -0.15) is 5.10 Å². The van der Waals surface area contributed by atoms with Crippen LogP contribution < -0.4 is 10.1 Å². The number of hydrogen-bond donors (Lipinski definition) is 1. The number of carbonyl (C=O) groups excluding carboxylic acids is 1. The first-order valence-corrected chi connectivity index (χ1v) is 9.19. The van der Waals surface area contributed by atoms with E-state index in [9.17, 15) is 9.18 Å². The van der Waals surface area contributed by atoms with Crippen molar-refractivity contribution < 1.29 is 13.9 Å². The van der Waals surface area contributed by atoms with E-state index in [0.29, 0.717) is 13.0 Å². The lowest BCUT2D eigenvalue weighted by Crippen LogP contribution is -2.23. The predicted octanol–water partition coefficient (Wildman–Crippen LogP) is 3.89. The fourth-order valence-corrected chi connectivity index (χ4v) is 3.15. The molecule has 146 valence electrons. The number of methoxy groups -OCH3 is 1. The molecular weight excluding hydrogens is 357 g/mol. The number of nitrogens with zero attached hydrogens (tertiary/aromatic N) is 2. The lowest BCUT2D eigenvalue weighted by atomic mass is 10.1. The number of halogens is 1. The van der Waals surface area contributed by atoms with Crippen LogP contribution in [0.15, 0.2) is 48.5 Å². The third-order valence-corrected chi connectivity index (χ3v) is 4.76. The molecule has 28 heavy (non-hydrogen) atoms. The Morgan fingerprint density at radius 3 is 2.61 bits per heavy atom. The summed E-state index contributed by atoms with van der Waals surface area (Å²) in [6.45, 7) is 4.35. The topological polar surface area (TPSA) is 56.1 Å². The largest absolute Gasteiger partial charge is 0.494 e. The second kappa shape index (κ2) is 8.69. The molecule has 3 rings (SSSR count). The Kier molecular flexibility index (Phi) is 6.09. The maximum Gasteiger partial charge on any atom is 0.220 e. The van der Waals surface area contributed by atoms with E-state index in [1.807, 2.05) is 48.9 Å². The van der Waals surface area contributed by atoms with Crippen molar-refractivity contribution in [2.24, 2.45) is 0 Å². The predicted molar refractivity (Wildman–Crippen MR) is 106 cm³/mol. The minimum atomic E-state index is -0.417. The molecular formula is C22H24FN3O2. The van der Waals surface area contributed by atoms with Crippen LogP contribution in [-0.2, 0) is 17.8 Å². The second-order valence-corrected chi connectivity index (χ2v) is 6.64. The van der Waals surface area contributed by atoms with Gasteiger partial charge in [-0.05, 0) is 50.1 Å². The van der Waals surface area contributed by atoms with E-state index in [0.717, 1.165) is 28.2 Å². The van der Waals surface area contributed by atoms with Gasteiger partial charge in [-0.15, -0.1) is 0 Å². The highest BCUT2D eigenvalue weighted by molar-refractivity contribution is 5.76. The van der Waals surface area contributed by atoms with Crippen LogP contribution in [0.5, 0.6) is 5.75 Å². The third-order valence-electron chi connectivity index (χ3n) is 4.76. The normalized spacial score (nSPS) is 10.7. The van der Waals surface area contributed by atoms with E-state index in [4.69, 9.17) is 4.74 Å². The van der Waals surface area contributed by atoms with E-state index >= 15 is 0 Å². The molecule has 0 atom stereocenters. The van der Waals surface area contributed by atoms with Crippen LogP contribution in [0.2, 0.25) is 0 Å². The number of para-hydroxylation sites is 1. The number of nitrogens with one attached hydrogen (secondary N) is 1. The van der Waals surface area contributed by atoms with Crippen molar-refractivity contribution in [2.45, 2.75) is 33.2 Å². The van der Waals surface area contributed by atoms with Gasteiger partial charge in [-0.25, -0.2) is 9.07 Å². The zero-order valence-electron chi connectivity index (χ0n) is 16.3. The highest BCUT2D eigenvalue weighted by atomic mass is 19.1. The molecule has 1 N–H and O–H groups in total. The van der Waals surface area contributed by atoms with E-state index in [1.165, 1.54) is 13.2 Å². The number of aryl methyl sites for hydroxylation is 2. The lowest BCUT2D eigenvalue weighted by molar-refractivity contribution is -0.121. The summed E-state index contributed by atoms with van der Waals surface area (Å²) in [7, 11) is 1.43. The van der Waals surface area contributed by atoms with Crippen molar-refractivity contribution in [3.05, 3.63) is 76.9 Å². The van der Waals surface area contributed by atoms with Crippen molar-refractivity contribution in [1.82, 2.24) is 15.1 Å². The monoisotopic (exact) mass is 381 g/mol. The first kappa shape index (κ1) is 19.6. The fraction of sp³-hybridized carbons (Fsp3) is 0.273. The highest BCUT2D eigenvalue weighted by Gasteiger charge is 2.14. The van der Waals surface area contributed by atoms with Crippen LogP contribution in [0, 0.1) is 19.7 Å². The molecule has 1 heterocycles. The maximum atomic E-state index is 13.7. The Labute approximate surface area is 164 Å². The summed E-state index contributed by atoms with van der Waals surface area (Å²) in [6.07, 6.45) is 0.755. The first-order chi connectivity index (χ1) is 13.5. The molecule has 0 bridgehead atoms. The highest BCUT2D eigenvalue weighted by Crippen LogP contribution is 2.19. The molecule has 0 spiro atoms. The number of aromatic nitrogens is 2. The van der Waals surface area contributed by atoms with Gasteiger partial charge in [0.2, 0.25) is 5.91 Å². The zero-order valence-corrected chi connectivity index (χ0v) is 16.3. The average Bonchev–Trinajstić information content (AvgIpc) is 2.99. The van der Waals surface area contributed by atoms with Gasteiger partial charge in [0, 0.05) is 24.2 Å². The van der Waals surface area contributed by atoms with E-state index in [-0.39, 0.29) is 18.1 Å². The Morgan fingerprint density at radius 2 is 1.93 bits per heavy atom. The molecule has 5 nitrogen and oxygen atoms in total. The molecule has 3 aromatic rings. The maximum absolute atomic E-state index is 13.7. The van der Waals surface area contributed by atoms with Gasteiger partial charge in [-0.1, -0.05) is 24.3 Å². The summed E-state index contributed by atoms with van der Waals surface area (Å²) in [5.41, 5.74) is 4.65. The number of benzene rings is 2. The molecule has 6 heteroatoms. The smallest absolute Gasteiger partial charge is 0.220 e. The van der Waals surface area contributed by atoms with Crippen molar-refractivity contribution in [2.75, 3.05) is 7.11 Å². The summed E-state index contributed by atoms with van der Waals surface area (Å²) < 4.78 is 20.5. The number of rotatable bonds is 7. The number of carbonyl (C=O) groups is 1. The molecule has 1 amide bonds. The first-order valence-electron chi connectivity index (χ1n) is 9.19. The molecule has 0 aliphatic carbocycles. The molecule has 0 fully saturated rings. The van der Waals surface area contributed by atoms with Crippen LogP contribution in [0.1, 0.15) is 28.9 Å². The van der Waals surface area contributed by atoms with Gasteiger partial charge in [0.05, 0.1) is 18.5 Å². The molecule has 0 radical (unpaired) electrons. The van der Waals surface area contributed by atoms with Crippen molar-refractivity contribution in [3.8, 4) is 11.4 Å². The summed E-state index contributed by atoms with van der Waals surface area (Å²) in [6, 6.07) is 14.6. The van der Waals surface area contributed by atoms with Crippen molar-refractivity contribution in [1.29, 1.82) is 0 Å². The number of amides is 1. The Bertz CT molecular complexity index is 967. The lowest BCUT2D eigenvalue weighted by Gasteiger charge is -2.08. The van der Waals surface area contributed by atoms with Gasteiger partial charge >= 0.3 is 0 Å². The average molecular weight is 381 g/mol. The van der Waals surface area contributed by atoms with Crippen LogP contribution in [0.4, 0.5) is 4.39 Å². The van der Waals surface area contributed by atoms with Crippen LogP contribution in [0.25, 0.3) is 5.69 Å². The van der Waals surface area contributed by atoms with Crippen LogP contribution >= 0.6 is 0 Å². The van der Waals surface area contributed by atoms with Gasteiger partial charge < -0.3 is 10.1 Å². The van der Waals surface area contributed by atoms with Crippen LogP contribution in [-0.4, -0.2) is 22.8 Å². The SMILES string of the molecule is COc1ccc(CCC(=O)NCc2c(C)nn(-c3ccccc3)c2C)cc1F. The minimum Gasteiger partial charge on any atom is -0.494 e. The fourth-order valence-electron chi connectivity index (χ4n) is 3.15. The summed E-state index contributed by atoms with van der Waals surface area (Å²) in [5, 5.41) is 7.53. The summed E-state index contributed by atoms with van der Waals surface area (Å²) in [4.78, 5) is 12.2. The quantitative estimate of drug-likeness (QED) is 0.676. The zero-order chi connectivity index (χ0) is 20.1. The Morgan fingerprint density at radius 1 is 1.18 bits per heavy atom. The molecule has 1 aromatic heterocycles. The Balaban J connectivity index is 1.59.